The number of hydrogen-bond donors (Lipinski definition) is 0. The number of carbonyl (C=O) groups excluding carboxylic acids is 1. The number of fused-ring (bicyclic) bond motifs is 3. The van der Waals surface area contributed by atoms with Crippen molar-refractivity contribution in [1.82, 2.24) is 9.88 Å². The van der Waals surface area contributed by atoms with E-state index < -0.39 is 6.04 Å². The molecule has 4 nitrogen and oxygen atoms in total. The molecule has 0 aliphatic carbocycles. The Balaban J connectivity index is 1.83. The summed E-state index contributed by atoms with van der Waals surface area (Å²) < 4.78 is 0. The van der Waals surface area contributed by atoms with Crippen molar-refractivity contribution in [3.63, 3.8) is 0 Å². The molecule has 1 amide bonds. The number of hydrogen-bond acceptors (Lipinski definition) is 4. The van der Waals surface area contributed by atoms with Gasteiger partial charge in [0.05, 0.1) is 18.2 Å². The van der Waals surface area contributed by atoms with E-state index in [0.29, 0.717) is 12.1 Å². The number of rotatable bonds is 2. The van der Waals surface area contributed by atoms with Crippen LogP contribution in [0.2, 0.25) is 0 Å². The minimum absolute atomic E-state index is 0.0868. The first-order valence-corrected chi connectivity index (χ1v) is 8.20. The lowest BCUT2D eigenvalue weighted by molar-refractivity contribution is 0.0745. The fourth-order valence-corrected chi connectivity index (χ4v) is 3.88. The molecule has 4 rings (SSSR count). The highest BCUT2D eigenvalue weighted by atomic mass is 32.1. The van der Waals surface area contributed by atoms with Gasteiger partial charge in [0.25, 0.3) is 5.91 Å². The summed E-state index contributed by atoms with van der Waals surface area (Å²) in [6.07, 6.45) is 0. The van der Waals surface area contributed by atoms with E-state index in [4.69, 9.17) is 0 Å². The Bertz CT molecular complexity index is 970. The topological polar surface area (TPSA) is 57.0 Å². The standard InChI is InChI=1S/C18H13N3OS/c1-11-10-23-16(20-11)9-21-15(8-19)14-7-6-12-4-2-3-5-13(12)17(14)18(21)22/h2-7,10,15H,9H2,1H3. The van der Waals surface area contributed by atoms with Crippen molar-refractivity contribution in [2.75, 3.05) is 0 Å². The Labute approximate surface area is 137 Å². The second kappa shape index (κ2) is 5.18. The van der Waals surface area contributed by atoms with Crippen LogP contribution in [0.1, 0.15) is 32.7 Å². The van der Waals surface area contributed by atoms with Gasteiger partial charge in [-0.1, -0.05) is 36.4 Å². The van der Waals surface area contributed by atoms with Crippen LogP contribution in [0, 0.1) is 18.3 Å². The van der Waals surface area contributed by atoms with Gasteiger partial charge in [-0.05, 0) is 17.7 Å². The van der Waals surface area contributed by atoms with Gasteiger partial charge in [0.15, 0.2) is 0 Å². The molecule has 1 unspecified atom stereocenters. The summed E-state index contributed by atoms with van der Waals surface area (Å²) >= 11 is 1.52. The van der Waals surface area contributed by atoms with Crippen molar-refractivity contribution in [3.05, 3.63) is 63.6 Å². The lowest BCUT2D eigenvalue weighted by Gasteiger charge is -2.18. The molecule has 112 valence electrons. The van der Waals surface area contributed by atoms with Gasteiger partial charge in [-0.3, -0.25) is 4.79 Å². The van der Waals surface area contributed by atoms with E-state index in [0.717, 1.165) is 27.0 Å². The fourth-order valence-electron chi connectivity index (χ4n) is 3.11. The average Bonchev–Trinajstić information content (AvgIpc) is 3.09. The maximum Gasteiger partial charge on any atom is 0.256 e. The van der Waals surface area contributed by atoms with Crippen LogP contribution in [0.5, 0.6) is 0 Å². The SMILES string of the molecule is Cc1csc(CN2C(=O)c3c(ccc4ccccc34)C2C#N)n1. The summed E-state index contributed by atoms with van der Waals surface area (Å²) in [5.41, 5.74) is 2.39. The van der Waals surface area contributed by atoms with Crippen LogP contribution in [-0.4, -0.2) is 15.8 Å². The van der Waals surface area contributed by atoms with Crippen LogP contribution in [0.4, 0.5) is 0 Å². The number of amides is 1. The molecule has 1 aliphatic rings. The summed E-state index contributed by atoms with van der Waals surface area (Å²) in [6.45, 7) is 2.30. The van der Waals surface area contributed by atoms with E-state index in [9.17, 15) is 10.1 Å². The Morgan fingerprint density at radius 3 is 2.87 bits per heavy atom. The molecule has 5 heteroatoms. The lowest BCUT2D eigenvalue weighted by atomic mass is 9.98. The summed E-state index contributed by atoms with van der Waals surface area (Å²) in [5, 5.41) is 14.3. The van der Waals surface area contributed by atoms with Crippen LogP contribution < -0.4 is 0 Å². The molecule has 1 atom stereocenters. The zero-order valence-corrected chi connectivity index (χ0v) is 13.3. The molecule has 0 N–H and O–H groups in total. The highest BCUT2D eigenvalue weighted by Gasteiger charge is 2.38. The summed E-state index contributed by atoms with van der Waals surface area (Å²) in [5.74, 6) is -0.0868. The van der Waals surface area contributed by atoms with Gasteiger partial charge >= 0.3 is 0 Å². The predicted molar refractivity (Wildman–Crippen MR) is 89.0 cm³/mol. The molecule has 23 heavy (non-hydrogen) atoms. The largest absolute Gasteiger partial charge is 0.312 e. The molecule has 0 radical (unpaired) electrons. The van der Waals surface area contributed by atoms with Gasteiger partial charge in [-0.2, -0.15) is 5.26 Å². The number of thiazole rings is 1. The van der Waals surface area contributed by atoms with Gasteiger partial charge in [0, 0.05) is 16.6 Å². The van der Waals surface area contributed by atoms with Gasteiger partial charge < -0.3 is 4.90 Å². The Kier molecular flexibility index (Phi) is 3.14. The number of benzene rings is 2. The van der Waals surface area contributed by atoms with Crippen molar-refractivity contribution < 1.29 is 4.79 Å². The fraction of sp³-hybridized carbons (Fsp3) is 0.167. The molecular weight excluding hydrogens is 306 g/mol. The molecule has 1 aliphatic heterocycles. The van der Waals surface area contributed by atoms with Crippen LogP contribution in [-0.2, 0) is 6.54 Å². The number of nitrogens with zero attached hydrogens (tertiary/aromatic N) is 3. The quantitative estimate of drug-likeness (QED) is 0.721. The van der Waals surface area contributed by atoms with Crippen LogP contribution in [0.3, 0.4) is 0 Å². The van der Waals surface area contributed by atoms with Crippen molar-refractivity contribution >= 4 is 28.0 Å². The molecule has 0 saturated carbocycles. The zero-order chi connectivity index (χ0) is 16.0. The third kappa shape index (κ3) is 2.11. The van der Waals surface area contributed by atoms with Crippen molar-refractivity contribution in [2.24, 2.45) is 0 Å². The molecule has 2 aromatic carbocycles. The minimum atomic E-state index is -0.550. The molecule has 2 heterocycles. The first kappa shape index (κ1) is 13.9. The van der Waals surface area contributed by atoms with E-state index in [1.165, 1.54) is 11.3 Å². The second-order valence-electron chi connectivity index (χ2n) is 5.60. The van der Waals surface area contributed by atoms with Crippen molar-refractivity contribution in [3.8, 4) is 6.07 Å². The first-order valence-electron chi connectivity index (χ1n) is 7.32. The van der Waals surface area contributed by atoms with Gasteiger partial charge in [0.1, 0.15) is 11.0 Å². The minimum Gasteiger partial charge on any atom is -0.312 e. The maximum absolute atomic E-state index is 12.9. The van der Waals surface area contributed by atoms with E-state index in [2.05, 4.69) is 11.1 Å². The number of carbonyl (C=O) groups is 1. The number of aromatic nitrogens is 1. The van der Waals surface area contributed by atoms with Crippen molar-refractivity contribution in [2.45, 2.75) is 19.5 Å². The van der Waals surface area contributed by atoms with Crippen LogP contribution in [0.25, 0.3) is 10.8 Å². The Morgan fingerprint density at radius 2 is 2.13 bits per heavy atom. The first-order chi connectivity index (χ1) is 11.2. The highest BCUT2D eigenvalue weighted by Crippen LogP contribution is 2.38. The molecule has 0 saturated heterocycles. The zero-order valence-electron chi connectivity index (χ0n) is 12.5. The van der Waals surface area contributed by atoms with Crippen LogP contribution in [0.15, 0.2) is 41.8 Å². The van der Waals surface area contributed by atoms with Crippen LogP contribution >= 0.6 is 11.3 Å². The van der Waals surface area contributed by atoms with Gasteiger partial charge in [-0.25, -0.2) is 4.98 Å². The summed E-state index contributed by atoms with van der Waals surface area (Å²) in [4.78, 5) is 19.0. The van der Waals surface area contributed by atoms with E-state index in [1.807, 2.05) is 48.7 Å². The highest BCUT2D eigenvalue weighted by molar-refractivity contribution is 7.09. The maximum atomic E-state index is 12.9. The second-order valence-corrected chi connectivity index (χ2v) is 6.54. The molecule has 1 aromatic heterocycles. The van der Waals surface area contributed by atoms with Crippen molar-refractivity contribution in [1.29, 1.82) is 5.26 Å². The van der Waals surface area contributed by atoms with Gasteiger partial charge in [-0.15, -0.1) is 11.3 Å². The van der Waals surface area contributed by atoms with E-state index >= 15 is 0 Å². The molecule has 3 aromatic rings. The third-order valence-corrected chi connectivity index (χ3v) is 5.09. The van der Waals surface area contributed by atoms with E-state index in [1.54, 1.807) is 4.90 Å². The molecule has 0 spiro atoms. The Morgan fingerprint density at radius 1 is 1.30 bits per heavy atom. The number of nitriles is 1. The molecule has 0 bridgehead atoms. The molecule has 0 fully saturated rings. The third-order valence-electron chi connectivity index (χ3n) is 4.14. The lowest BCUT2D eigenvalue weighted by Crippen LogP contribution is -2.26. The Hall–Kier alpha value is -2.71. The summed E-state index contributed by atoms with van der Waals surface area (Å²) in [6, 6.07) is 13.4. The average molecular weight is 319 g/mol. The monoisotopic (exact) mass is 319 g/mol. The van der Waals surface area contributed by atoms with E-state index in [-0.39, 0.29) is 5.91 Å². The van der Waals surface area contributed by atoms with Gasteiger partial charge in [0.2, 0.25) is 0 Å². The summed E-state index contributed by atoms with van der Waals surface area (Å²) in [7, 11) is 0. The number of aryl methyl sites for hydroxylation is 1. The molecular formula is C18H13N3OS. The smallest absolute Gasteiger partial charge is 0.256 e. The normalized spacial score (nSPS) is 16.6. The predicted octanol–water partition coefficient (Wildman–Crippen LogP) is 3.83.